The second-order valence-corrected chi connectivity index (χ2v) is 4.58. The molecule has 0 spiro atoms. The summed E-state index contributed by atoms with van der Waals surface area (Å²) in [7, 11) is 0. The molecule has 0 aromatic carbocycles. The minimum absolute atomic E-state index is 0.0338. The largest absolute Gasteiger partial charge is 0.375 e. The van der Waals surface area contributed by atoms with Crippen LogP contribution in [-0.2, 0) is 4.79 Å². The monoisotopic (exact) mass is 244 g/mol. The molecule has 2 N–H and O–H groups in total. The fraction of sp³-hybridized carbons (Fsp3) is 0.462. The fourth-order valence-electron chi connectivity index (χ4n) is 1.79. The molecule has 1 aromatic rings. The minimum Gasteiger partial charge on any atom is -0.375 e. The lowest BCUT2D eigenvalue weighted by Gasteiger charge is -2.10. The van der Waals surface area contributed by atoms with E-state index in [-0.39, 0.29) is 12.5 Å². The van der Waals surface area contributed by atoms with Crippen LogP contribution in [0.15, 0.2) is 6.07 Å². The van der Waals surface area contributed by atoms with Gasteiger partial charge in [-0.2, -0.15) is 5.26 Å². The molecule has 1 fully saturated rings. The number of amides is 1. The number of carbonyl (C=O) groups is 1. The van der Waals surface area contributed by atoms with E-state index in [1.54, 1.807) is 13.0 Å². The molecule has 1 heterocycles. The number of pyridine rings is 1. The van der Waals surface area contributed by atoms with Gasteiger partial charge < -0.3 is 10.6 Å². The van der Waals surface area contributed by atoms with Gasteiger partial charge in [-0.3, -0.25) is 9.78 Å². The van der Waals surface area contributed by atoms with Gasteiger partial charge in [-0.05, 0) is 32.8 Å². The third kappa shape index (κ3) is 2.98. The van der Waals surface area contributed by atoms with Crippen LogP contribution in [0.25, 0.3) is 0 Å². The molecule has 1 aliphatic carbocycles. The molecule has 0 unspecified atom stereocenters. The maximum absolute atomic E-state index is 11.6. The van der Waals surface area contributed by atoms with E-state index in [9.17, 15) is 4.79 Å². The van der Waals surface area contributed by atoms with Gasteiger partial charge in [-0.15, -0.1) is 0 Å². The lowest BCUT2D eigenvalue weighted by atomic mass is 10.1. The molecule has 0 atom stereocenters. The van der Waals surface area contributed by atoms with Crippen molar-refractivity contribution >= 4 is 11.6 Å². The number of carbonyl (C=O) groups excluding carboxylic acids is 1. The number of anilines is 1. The summed E-state index contributed by atoms with van der Waals surface area (Å²) >= 11 is 0. The highest BCUT2D eigenvalue weighted by Gasteiger charge is 2.23. The van der Waals surface area contributed by atoms with E-state index in [1.165, 1.54) is 0 Å². The number of nitriles is 1. The Bertz CT molecular complexity index is 514. The van der Waals surface area contributed by atoms with Gasteiger partial charge in [0.05, 0.1) is 23.5 Å². The van der Waals surface area contributed by atoms with Crippen LogP contribution in [0.2, 0.25) is 0 Å². The number of nitrogens with zero attached hydrogens (tertiary/aromatic N) is 2. The first-order valence-electron chi connectivity index (χ1n) is 6.01. The van der Waals surface area contributed by atoms with Crippen LogP contribution < -0.4 is 10.6 Å². The molecule has 0 aliphatic heterocycles. The quantitative estimate of drug-likeness (QED) is 0.835. The molecule has 1 amide bonds. The highest BCUT2D eigenvalue weighted by molar-refractivity contribution is 5.81. The van der Waals surface area contributed by atoms with E-state index < -0.39 is 0 Å². The van der Waals surface area contributed by atoms with Crippen LogP contribution in [0.3, 0.4) is 0 Å². The zero-order chi connectivity index (χ0) is 13.1. The number of nitrogens with one attached hydrogen (secondary N) is 2. The van der Waals surface area contributed by atoms with Crippen molar-refractivity contribution in [3.63, 3.8) is 0 Å². The normalized spacial score (nSPS) is 13.8. The third-order valence-corrected chi connectivity index (χ3v) is 2.82. The molecular weight excluding hydrogens is 228 g/mol. The van der Waals surface area contributed by atoms with Crippen molar-refractivity contribution < 1.29 is 4.79 Å². The van der Waals surface area contributed by atoms with Crippen molar-refractivity contribution in [3.8, 4) is 6.07 Å². The maximum atomic E-state index is 11.6. The molecule has 1 aliphatic rings. The smallest absolute Gasteiger partial charge is 0.239 e. The van der Waals surface area contributed by atoms with Gasteiger partial charge >= 0.3 is 0 Å². The molecule has 0 saturated heterocycles. The second kappa shape index (κ2) is 5.05. The standard InChI is InChI=1S/C13H16N4O/c1-8-5-12(11(6-14)9(2)16-8)15-7-13(18)17-10-3-4-10/h5,10H,3-4,7H2,1-2H3,(H,15,16)(H,17,18). The number of aryl methyl sites for hydroxylation is 2. The van der Waals surface area contributed by atoms with Crippen LogP contribution in [0.1, 0.15) is 29.8 Å². The molecular formula is C13H16N4O. The highest BCUT2D eigenvalue weighted by atomic mass is 16.2. The second-order valence-electron chi connectivity index (χ2n) is 4.58. The van der Waals surface area contributed by atoms with Crippen LogP contribution in [0.4, 0.5) is 5.69 Å². The van der Waals surface area contributed by atoms with Crippen LogP contribution in [0.5, 0.6) is 0 Å². The van der Waals surface area contributed by atoms with Gasteiger partial charge in [0, 0.05) is 11.7 Å². The van der Waals surface area contributed by atoms with Crippen molar-refractivity contribution in [1.29, 1.82) is 5.26 Å². The molecule has 5 heteroatoms. The first kappa shape index (κ1) is 12.4. The Hall–Kier alpha value is -2.09. The summed E-state index contributed by atoms with van der Waals surface area (Å²) in [6.07, 6.45) is 2.14. The maximum Gasteiger partial charge on any atom is 0.239 e. The fourth-order valence-corrected chi connectivity index (χ4v) is 1.79. The lowest BCUT2D eigenvalue weighted by molar-refractivity contribution is -0.119. The van der Waals surface area contributed by atoms with E-state index in [0.29, 0.717) is 23.0 Å². The number of hydrogen-bond acceptors (Lipinski definition) is 4. The molecule has 0 bridgehead atoms. The molecule has 94 valence electrons. The highest BCUT2D eigenvalue weighted by Crippen LogP contribution is 2.19. The number of hydrogen-bond donors (Lipinski definition) is 2. The predicted molar refractivity (Wildman–Crippen MR) is 68.1 cm³/mol. The van der Waals surface area contributed by atoms with E-state index in [0.717, 1.165) is 18.5 Å². The molecule has 2 rings (SSSR count). The SMILES string of the molecule is Cc1cc(NCC(=O)NC2CC2)c(C#N)c(C)n1. The summed E-state index contributed by atoms with van der Waals surface area (Å²) in [6.45, 7) is 3.85. The summed E-state index contributed by atoms with van der Waals surface area (Å²) < 4.78 is 0. The van der Waals surface area contributed by atoms with Gasteiger partial charge in [0.1, 0.15) is 6.07 Å². The first-order valence-corrected chi connectivity index (χ1v) is 6.01. The third-order valence-electron chi connectivity index (χ3n) is 2.82. The molecule has 1 aromatic heterocycles. The van der Waals surface area contributed by atoms with Gasteiger partial charge in [-0.25, -0.2) is 0 Å². The first-order chi connectivity index (χ1) is 8.60. The summed E-state index contributed by atoms with van der Waals surface area (Å²) in [5.74, 6) is -0.0338. The topological polar surface area (TPSA) is 77.8 Å². The summed E-state index contributed by atoms with van der Waals surface area (Å²) in [5, 5.41) is 15.0. The van der Waals surface area contributed by atoms with Gasteiger partial charge in [-0.1, -0.05) is 0 Å². The Morgan fingerprint density at radius 1 is 1.56 bits per heavy atom. The predicted octanol–water partition coefficient (Wildman–Crippen LogP) is 1.26. The van der Waals surface area contributed by atoms with Crippen molar-refractivity contribution in [3.05, 3.63) is 23.0 Å². The summed E-state index contributed by atoms with van der Waals surface area (Å²) in [6, 6.07) is 4.26. The Labute approximate surface area is 106 Å². The molecule has 1 saturated carbocycles. The van der Waals surface area contributed by atoms with E-state index in [2.05, 4.69) is 21.7 Å². The average Bonchev–Trinajstić information content (AvgIpc) is 3.09. The summed E-state index contributed by atoms with van der Waals surface area (Å²) in [4.78, 5) is 15.8. The van der Waals surface area contributed by atoms with Crippen molar-refractivity contribution in [1.82, 2.24) is 10.3 Å². The van der Waals surface area contributed by atoms with Gasteiger partial charge in [0.2, 0.25) is 5.91 Å². The number of aromatic nitrogens is 1. The molecule has 18 heavy (non-hydrogen) atoms. The number of rotatable bonds is 4. The zero-order valence-electron chi connectivity index (χ0n) is 10.6. The van der Waals surface area contributed by atoms with Gasteiger partial charge in [0.15, 0.2) is 0 Å². The van der Waals surface area contributed by atoms with Crippen molar-refractivity contribution in [2.24, 2.45) is 0 Å². The lowest BCUT2D eigenvalue weighted by Crippen LogP contribution is -2.31. The Balaban J connectivity index is 2.03. The van der Waals surface area contributed by atoms with Gasteiger partial charge in [0.25, 0.3) is 0 Å². The molecule has 0 radical (unpaired) electrons. The minimum atomic E-state index is -0.0338. The van der Waals surface area contributed by atoms with Crippen LogP contribution >= 0.6 is 0 Å². The Kier molecular flexibility index (Phi) is 3.47. The molecule has 5 nitrogen and oxygen atoms in total. The van der Waals surface area contributed by atoms with E-state index in [4.69, 9.17) is 5.26 Å². The van der Waals surface area contributed by atoms with E-state index in [1.807, 2.05) is 6.92 Å². The Morgan fingerprint density at radius 3 is 2.89 bits per heavy atom. The van der Waals surface area contributed by atoms with Crippen molar-refractivity contribution in [2.45, 2.75) is 32.7 Å². The van der Waals surface area contributed by atoms with Crippen molar-refractivity contribution in [2.75, 3.05) is 11.9 Å². The van der Waals surface area contributed by atoms with E-state index >= 15 is 0 Å². The Morgan fingerprint density at radius 2 is 2.28 bits per heavy atom. The summed E-state index contributed by atoms with van der Waals surface area (Å²) in [5.41, 5.74) is 2.69. The van der Waals surface area contributed by atoms with Crippen LogP contribution in [0, 0.1) is 25.2 Å². The average molecular weight is 244 g/mol. The zero-order valence-corrected chi connectivity index (χ0v) is 10.6. The van der Waals surface area contributed by atoms with Crippen LogP contribution in [-0.4, -0.2) is 23.5 Å².